The highest BCUT2D eigenvalue weighted by molar-refractivity contribution is 5.88. The number of aromatic nitrogens is 4. The van der Waals surface area contributed by atoms with Gasteiger partial charge in [-0.25, -0.2) is 14.7 Å². The Morgan fingerprint density at radius 2 is 1.91 bits per heavy atom. The Labute approximate surface area is 197 Å². The average Bonchev–Trinajstić information content (AvgIpc) is 3.32. The molecule has 0 spiro atoms. The molecule has 1 N–H and O–H groups in total. The van der Waals surface area contributed by atoms with Crippen molar-refractivity contribution in [2.24, 2.45) is 0 Å². The van der Waals surface area contributed by atoms with Crippen LogP contribution in [-0.4, -0.2) is 39.7 Å². The van der Waals surface area contributed by atoms with E-state index in [4.69, 9.17) is 0 Å². The second-order valence-corrected chi connectivity index (χ2v) is 7.57. The molecule has 0 aliphatic heterocycles. The monoisotopic (exact) mass is 453 g/mol. The third-order valence-corrected chi connectivity index (χ3v) is 5.25. The number of nitrogens with one attached hydrogen (secondary N) is 1. The molecular weight excluding hydrogens is 430 g/mol. The van der Waals surface area contributed by atoms with Gasteiger partial charge in [0.15, 0.2) is 0 Å². The summed E-state index contributed by atoms with van der Waals surface area (Å²) in [6.45, 7) is 1.99. The Hall–Kier alpha value is -4.59. The maximum absolute atomic E-state index is 12.0. The number of aromatic amines is 1. The zero-order valence-corrected chi connectivity index (χ0v) is 18.8. The number of carbonyl (C=O) groups is 2. The number of carbonyl (C=O) groups excluding carboxylic acids is 2. The third-order valence-electron chi connectivity index (χ3n) is 5.25. The van der Waals surface area contributed by atoms with Crippen LogP contribution in [0.5, 0.6) is 0 Å². The molecular formula is C26H23N5O3. The Bertz CT molecular complexity index is 1330. The second kappa shape index (κ2) is 10.4. The standard InChI is InChI=1S/C26H23N5O3/c1-18-8-9-20(10-11-25(33)34-2)14-22(18)21-12-13-27-24(16-21)31(17-32)26-28-23(29-30-26)15-19-6-4-3-5-7-19/h3-14,16-17H,15H2,1-2H3,(H,28,29,30). The van der Waals surface area contributed by atoms with Gasteiger partial charge >= 0.3 is 5.97 Å². The average molecular weight is 454 g/mol. The van der Waals surface area contributed by atoms with Gasteiger partial charge in [-0.15, -0.1) is 10.2 Å². The first kappa shape index (κ1) is 22.6. The Morgan fingerprint density at radius 3 is 2.68 bits per heavy atom. The Morgan fingerprint density at radius 1 is 1.09 bits per heavy atom. The molecule has 0 saturated carbocycles. The van der Waals surface area contributed by atoms with Crippen molar-refractivity contribution in [1.82, 2.24) is 20.2 Å². The molecule has 8 nitrogen and oxygen atoms in total. The predicted octanol–water partition coefficient (Wildman–Crippen LogP) is 4.25. The largest absolute Gasteiger partial charge is 0.466 e. The highest BCUT2D eigenvalue weighted by Gasteiger charge is 2.16. The SMILES string of the molecule is COC(=O)C=Cc1ccc(C)c(-c2ccnc(N(C=O)c3nnc(Cc4ccccc4)[nH]3)c2)c1. The predicted molar refractivity (Wildman–Crippen MR) is 129 cm³/mol. The summed E-state index contributed by atoms with van der Waals surface area (Å²) in [7, 11) is 1.34. The molecule has 2 aromatic carbocycles. The van der Waals surface area contributed by atoms with E-state index in [1.807, 2.05) is 67.6 Å². The van der Waals surface area contributed by atoms with E-state index < -0.39 is 5.97 Å². The number of anilines is 2. The number of benzene rings is 2. The van der Waals surface area contributed by atoms with Gasteiger partial charge in [-0.05, 0) is 59.0 Å². The lowest BCUT2D eigenvalue weighted by Crippen LogP contribution is -2.17. The van der Waals surface area contributed by atoms with Crippen molar-refractivity contribution >= 4 is 30.2 Å². The van der Waals surface area contributed by atoms with Crippen molar-refractivity contribution in [3.63, 3.8) is 0 Å². The van der Waals surface area contributed by atoms with Gasteiger partial charge in [0.1, 0.15) is 11.6 Å². The summed E-state index contributed by atoms with van der Waals surface area (Å²) in [6, 6.07) is 19.4. The molecule has 170 valence electrons. The van der Waals surface area contributed by atoms with Gasteiger partial charge in [-0.2, -0.15) is 0 Å². The molecule has 34 heavy (non-hydrogen) atoms. The molecule has 0 aliphatic rings. The number of esters is 1. The van der Waals surface area contributed by atoms with Crippen molar-refractivity contribution in [2.45, 2.75) is 13.3 Å². The number of rotatable bonds is 8. The summed E-state index contributed by atoms with van der Waals surface area (Å²) in [4.78, 5) is 32.2. The molecule has 0 radical (unpaired) electrons. The summed E-state index contributed by atoms with van der Waals surface area (Å²) in [5.74, 6) is 0.917. The van der Waals surface area contributed by atoms with E-state index in [0.717, 1.165) is 27.8 Å². The van der Waals surface area contributed by atoms with Crippen LogP contribution >= 0.6 is 0 Å². The summed E-state index contributed by atoms with van der Waals surface area (Å²) in [5, 5.41) is 8.31. The summed E-state index contributed by atoms with van der Waals surface area (Å²) in [6.07, 6.45) is 5.92. The molecule has 0 saturated heterocycles. The first-order valence-electron chi connectivity index (χ1n) is 10.6. The van der Waals surface area contributed by atoms with Gasteiger partial charge in [0.2, 0.25) is 12.4 Å². The van der Waals surface area contributed by atoms with E-state index in [-0.39, 0.29) is 5.95 Å². The van der Waals surface area contributed by atoms with Gasteiger partial charge in [-0.3, -0.25) is 4.79 Å². The molecule has 4 aromatic rings. The molecule has 0 atom stereocenters. The van der Waals surface area contributed by atoms with E-state index in [1.165, 1.54) is 18.1 Å². The number of aryl methyl sites for hydroxylation is 1. The van der Waals surface area contributed by atoms with Crippen molar-refractivity contribution in [3.05, 3.63) is 95.5 Å². The molecule has 2 heterocycles. The van der Waals surface area contributed by atoms with E-state index >= 15 is 0 Å². The van der Waals surface area contributed by atoms with Crippen molar-refractivity contribution < 1.29 is 14.3 Å². The number of hydrogen-bond donors (Lipinski definition) is 1. The third kappa shape index (κ3) is 5.24. The summed E-state index contributed by atoms with van der Waals surface area (Å²) >= 11 is 0. The summed E-state index contributed by atoms with van der Waals surface area (Å²) in [5.41, 5.74) is 4.78. The lowest BCUT2D eigenvalue weighted by Gasteiger charge is -2.14. The fourth-order valence-electron chi connectivity index (χ4n) is 3.48. The Balaban J connectivity index is 1.61. The molecule has 0 fully saturated rings. The van der Waals surface area contributed by atoms with Gasteiger partial charge in [-0.1, -0.05) is 42.5 Å². The minimum absolute atomic E-state index is 0.289. The van der Waals surface area contributed by atoms with Gasteiger partial charge < -0.3 is 9.72 Å². The van der Waals surface area contributed by atoms with Gasteiger partial charge in [0, 0.05) is 18.7 Å². The fourth-order valence-corrected chi connectivity index (χ4v) is 3.48. The van der Waals surface area contributed by atoms with Crippen LogP contribution in [0.1, 0.15) is 22.5 Å². The van der Waals surface area contributed by atoms with E-state index in [9.17, 15) is 9.59 Å². The molecule has 0 unspecified atom stereocenters. The maximum atomic E-state index is 12.0. The molecule has 4 rings (SSSR count). The smallest absolute Gasteiger partial charge is 0.330 e. The Kier molecular flexibility index (Phi) is 6.88. The highest BCUT2D eigenvalue weighted by Crippen LogP contribution is 2.29. The number of hydrogen-bond acceptors (Lipinski definition) is 6. The maximum Gasteiger partial charge on any atom is 0.330 e. The number of methoxy groups -OCH3 is 1. The minimum Gasteiger partial charge on any atom is -0.466 e. The number of pyridine rings is 1. The van der Waals surface area contributed by atoms with Crippen LogP contribution < -0.4 is 4.90 Å². The lowest BCUT2D eigenvalue weighted by atomic mass is 9.98. The van der Waals surface area contributed by atoms with E-state index in [2.05, 4.69) is 24.9 Å². The summed E-state index contributed by atoms with van der Waals surface area (Å²) < 4.78 is 4.66. The van der Waals surface area contributed by atoms with Crippen molar-refractivity contribution in [3.8, 4) is 11.1 Å². The topological polar surface area (TPSA) is 101 Å². The van der Waals surface area contributed by atoms with Crippen LogP contribution in [0.3, 0.4) is 0 Å². The fraction of sp³-hybridized carbons (Fsp3) is 0.115. The van der Waals surface area contributed by atoms with Gasteiger partial charge in [0.05, 0.1) is 7.11 Å². The first-order valence-corrected chi connectivity index (χ1v) is 10.6. The number of ether oxygens (including phenoxy) is 1. The van der Waals surface area contributed by atoms with Crippen LogP contribution in [0.15, 0.2) is 72.9 Å². The van der Waals surface area contributed by atoms with Gasteiger partial charge in [0.25, 0.3) is 0 Å². The van der Waals surface area contributed by atoms with Crippen molar-refractivity contribution in [1.29, 1.82) is 0 Å². The second-order valence-electron chi connectivity index (χ2n) is 7.57. The number of amides is 1. The van der Waals surface area contributed by atoms with Crippen LogP contribution in [0, 0.1) is 6.92 Å². The zero-order chi connectivity index (χ0) is 23.9. The molecule has 0 aliphatic carbocycles. The van der Waals surface area contributed by atoms with Crippen LogP contribution in [0.25, 0.3) is 17.2 Å². The molecule has 0 bridgehead atoms. The normalized spacial score (nSPS) is 10.9. The van der Waals surface area contributed by atoms with Crippen LogP contribution in [0.4, 0.5) is 11.8 Å². The first-order chi connectivity index (χ1) is 16.6. The lowest BCUT2D eigenvalue weighted by molar-refractivity contribution is -0.134. The molecule has 1 amide bonds. The number of nitrogens with zero attached hydrogens (tertiary/aromatic N) is 4. The van der Waals surface area contributed by atoms with E-state index in [1.54, 1.807) is 12.3 Å². The van der Waals surface area contributed by atoms with Crippen LogP contribution in [0.2, 0.25) is 0 Å². The highest BCUT2D eigenvalue weighted by atomic mass is 16.5. The van der Waals surface area contributed by atoms with E-state index in [0.29, 0.717) is 24.5 Å². The zero-order valence-electron chi connectivity index (χ0n) is 18.8. The minimum atomic E-state index is -0.423. The molecule has 8 heteroatoms. The quantitative estimate of drug-likeness (QED) is 0.243. The molecule has 2 aromatic heterocycles. The van der Waals surface area contributed by atoms with Crippen molar-refractivity contribution in [2.75, 3.05) is 12.0 Å². The van der Waals surface area contributed by atoms with Crippen LogP contribution in [-0.2, 0) is 20.7 Å². The number of H-pyrrole nitrogens is 1.